The molecule has 0 aliphatic carbocycles. The lowest BCUT2D eigenvalue weighted by Gasteiger charge is -2.08. The number of anilines is 1. The molecule has 82 valence electrons. The summed E-state index contributed by atoms with van der Waals surface area (Å²) in [5.41, 5.74) is 8.88. The molecule has 2 N–H and O–H groups in total. The van der Waals surface area contributed by atoms with Crippen LogP contribution in [0.1, 0.15) is 11.1 Å². The summed E-state index contributed by atoms with van der Waals surface area (Å²) in [6.45, 7) is 2.54. The van der Waals surface area contributed by atoms with Crippen molar-refractivity contribution in [1.82, 2.24) is 0 Å². The Morgan fingerprint density at radius 3 is 2.50 bits per heavy atom. The van der Waals surface area contributed by atoms with Gasteiger partial charge in [-0.1, -0.05) is 30.3 Å². The van der Waals surface area contributed by atoms with Crippen LogP contribution in [0.15, 0.2) is 48.5 Å². The fraction of sp³-hybridized carbons (Fsp3) is 0.143. The molecule has 2 heteroatoms. The highest BCUT2D eigenvalue weighted by Gasteiger charge is 2.00. The molecule has 0 aliphatic rings. The van der Waals surface area contributed by atoms with Gasteiger partial charge in [0.25, 0.3) is 0 Å². The van der Waals surface area contributed by atoms with Crippen LogP contribution in [0.2, 0.25) is 0 Å². The predicted octanol–water partition coefficient (Wildman–Crippen LogP) is 3.16. The summed E-state index contributed by atoms with van der Waals surface area (Å²) in [6.07, 6.45) is 0. The number of hydrogen-bond donors (Lipinski definition) is 1. The highest BCUT2D eigenvalue weighted by molar-refractivity contribution is 5.48. The lowest BCUT2D eigenvalue weighted by atomic mass is 10.1. The molecule has 0 atom stereocenters. The Kier molecular flexibility index (Phi) is 3.10. The molecule has 0 heterocycles. The Bertz CT molecular complexity index is 465. The van der Waals surface area contributed by atoms with Gasteiger partial charge in [-0.25, -0.2) is 0 Å². The van der Waals surface area contributed by atoms with Gasteiger partial charge in [-0.3, -0.25) is 0 Å². The van der Waals surface area contributed by atoms with Crippen LogP contribution in [0.25, 0.3) is 0 Å². The maximum Gasteiger partial charge on any atom is 0.119 e. The summed E-state index contributed by atoms with van der Waals surface area (Å²) < 4.78 is 5.63. The quantitative estimate of drug-likeness (QED) is 0.795. The van der Waals surface area contributed by atoms with E-state index in [-0.39, 0.29) is 0 Å². The molecule has 0 spiro atoms. The lowest BCUT2D eigenvalue weighted by molar-refractivity contribution is 0.307. The van der Waals surface area contributed by atoms with Gasteiger partial charge in [0, 0.05) is 11.3 Å². The van der Waals surface area contributed by atoms with Crippen LogP contribution >= 0.6 is 0 Å². The van der Waals surface area contributed by atoms with Gasteiger partial charge >= 0.3 is 0 Å². The minimum atomic E-state index is 0.510. The van der Waals surface area contributed by atoms with E-state index >= 15 is 0 Å². The van der Waals surface area contributed by atoms with Crippen LogP contribution in [-0.4, -0.2) is 0 Å². The fourth-order valence-electron chi connectivity index (χ4n) is 1.52. The second-order valence-corrected chi connectivity index (χ2v) is 3.80. The number of nitrogen functional groups attached to an aromatic ring is 1. The molecule has 2 nitrogen and oxygen atoms in total. The van der Waals surface area contributed by atoms with Crippen molar-refractivity contribution in [3.8, 4) is 5.75 Å². The number of rotatable bonds is 3. The van der Waals surface area contributed by atoms with Gasteiger partial charge in [0.05, 0.1) is 0 Å². The number of nitrogens with two attached hydrogens (primary N) is 1. The van der Waals surface area contributed by atoms with Gasteiger partial charge in [0.15, 0.2) is 0 Å². The maximum atomic E-state index is 5.91. The first kappa shape index (κ1) is 10.6. The predicted molar refractivity (Wildman–Crippen MR) is 66.4 cm³/mol. The zero-order chi connectivity index (χ0) is 11.4. The van der Waals surface area contributed by atoms with Crippen molar-refractivity contribution in [2.75, 3.05) is 5.73 Å². The van der Waals surface area contributed by atoms with Crippen LogP contribution in [-0.2, 0) is 6.61 Å². The molecule has 0 amide bonds. The minimum absolute atomic E-state index is 0.510. The highest BCUT2D eigenvalue weighted by Crippen LogP contribution is 2.17. The maximum absolute atomic E-state index is 5.91. The van der Waals surface area contributed by atoms with Gasteiger partial charge < -0.3 is 10.5 Å². The van der Waals surface area contributed by atoms with Crippen LogP contribution in [0.3, 0.4) is 0 Å². The van der Waals surface area contributed by atoms with Gasteiger partial charge in [-0.15, -0.1) is 0 Å². The molecule has 0 radical (unpaired) electrons. The topological polar surface area (TPSA) is 35.2 Å². The summed E-state index contributed by atoms with van der Waals surface area (Å²) in [5.74, 6) is 0.863. The van der Waals surface area contributed by atoms with Crippen LogP contribution in [0.5, 0.6) is 5.75 Å². The number of hydrogen-bond acceptors (Lipinski definition) is 2. The Morgan fingerprint density at radius 1 is 1.06 bits per heavy atom. The van der Waals surface area contributed by atoms with E-state index in [4.69, 9.17) is 10.5 Å². The average molecular weight is 213 g/mol. The van der Waals surface area contributed by atoms with Gasteiger partial charge in [0.1, 0.15) is 12.4 Å². The molecule has 16 heavy (non-hydrogen) atoms. The molecule has 0 bridgehead atoms. The standard InChI is InChI=1S/C14H15NO/c1-11-7-8-12(14(15)9-11)10-16-13-5-3-2-4-6-13/h2-9H,10,15H2,1H3. The first-order valence-electron chi connectivity index (χ1n) is 5.28. The zero-order valence-electron chi connectivity index (χ0n) is 9.31. The second-order valence-electron chi connectivity index (χ2n) is 3.80. The van der Waals surface area contributed by atoms with E-state index in [1.807, 2.05) is 55.5 Å². The third-order valence-electron chi connectivity index (χ3n) is 2.44. The average Bonchev–Trinajstić information content (AvgIpc) is 2.29. The van der Waals surface area contributed by atoms with E-state index in [1.165, 1.54) is 5.56 Å². The van der Waals surface area contributed by atoms with Crippen LogP contribution in [0, 0.1) is 6.92 Å². The molecule has 0 saturated carbocycles. The normalized spacial score (nSPS) is 10.1. The summed E-state index contributed by atoms with van der Waals surface area (Å²) in [6, 6.07) is 15.8. The molecule has 0 saturated heterocycles. The monoisotopic (exact) mass is 213 g/mol. The minimum Gasteiger partial charge on any atom is -0.489 e. The molecule has 2 aromatic carbocycles. The zero-order valence-corrected chi connectivity index (χ0v) is 9.31. The molecule has 2 aromatic rings. The number of ether oxygens (including phenoxy) is 1. The van der Waals surface area contributed by atoms with Crippen molar-refractivity contribution in [3.63, 3.8) is 0 Å². The largest absolute Gasteiger partial charge is 0.489 e. The first-order chi connectivity index (χ1) is 7.75. The number of para-hydroxylation sites is 1. The molecule has 0 aliphatic heterocycles. The van der Waals surface area contributed by atoms with Crippen molar-refractivity contribution in [1.29, 1.82) is 0 Å². The molecule has 2 rings (SSSR count). The van der Waals surface area contributed by atoms with E-state index in [0.29, 0.717) is 6.61 Å². The van der Waals surface area contributed by atoms with Crippen LogP contribution < -0.4 is 10.5 Å². The Morgan fingerprint density at radius 2 is 1.81 bits per heavy atom. The van der Waals surface area contributed by atoms with Gasteiger partial charge in [-0.2, -0.15) is 0 Å². The highest BCUT2D eigenvalue weighted by atomic mass is 16.5. The van der Waals surface area contributed by atoms with Crippen molar-refractivity contribution in [2.45, 2.75) is 13.5 Å². The smallest absolute Gasteiger partial charge is 0.119 e. The fourth-order valence-corrected chi connectivity index (χ4v) is 1.52. The molecule has 0 aromatic heterocycles. The first-order valence-corrected chi connectivity index (χ1v) is 5.28. The number of aryl methyl sites for hydroxylation is 1. The molecular weight excluding hydrogens is 198 g/mol. The summed E-state index contributed by atoms with van der Waals surface area (Å²) in [4.78, 5) is 0. The Balaban J connectivity index is 2.05. The summed E-state index contributed by atoms with van der Waals surface area (Å²) in [7, 11) is 0. The third kappa shape index (κ3) is 2.54. The lowest BCUT2D eigenvalue weighted by Crippen LogP contribution is -2.00. The Hall–Kier alpha value is -1.96. The van der Waals surface area contributed by atoms with E-state index in [9.17, 15) is 0 Å². The molecule has 0 fully saturated rings. The molecule has 0 unspecified atom stereocenters. The molecular formula is C14H15NO. The Labute approximate surface area is 95.7 Å². The van der Waals surface area contributed by atoms with Crippen molar-refractivity contribution in [2.24, 2.45) is 0 Å². The van der Waals surface area contributed by atoms with E-state index in [2.05, 4.69) is 0 Å². The number of benzene rings is 2. The van der Waals surface area contributed by atoms with Crippen LogP contribution in [0.4, 0.5) is 5.69 Å². The summed E-state index contributed by atoms with van der Waals surface area (Å²) >= 11 is 0. The van der Waals surface area contributed by atoms with E-state index < -0.39 is 0 Å². The van der Waals surface area contributed by atoms with Gasteiger partial charge in [0.2, 0.25) is 0 Å². The van der Waals surface area contributed by atoms with Crippen molar-refractivity contribution >= 4 is 5.69 Å². The van der Waals surface area contributed by atoms with Gasteiger partial charge in [-0.05, 0) is 30.7 Å². The summed E-state index contributed by atoms with van der Waals surface area (Å²) in [5, 5.41) is 0. The SMILES string of the molecule is Cc1ccc(COc2ccccc2)c(N)c1. The van der Waals surface area contributed by atoms with Crippen molar-refractivity contribution < 1.29 is 4.74 Å². The second kappa shape index (κ2) is 4.71. The van der Waals surface area contributed by atoms with E-state index in [1.54, 1.807) is 0 Å². The van der Waals surface area contributed by atoms with Crippen molar-refractivity contribution in [3.05, 3.63) is 59.7 Å². The third-order valence-corrected chi connectivity index (χ3v) is 2.44. The van der Waals surface area contributed by atoms with E-state index in [0.717, 1.165) is 17.0 Å².